The minimum atomic E-state index is -0.470. The number of hydrogen-bond donors (Lipinski definition) is 3. The lowest BCUT2D eigenvalue weighted by Gasteiger charge is -2.20. The number of quaternary nitrogens is 1. The zero-order valence-corrected chi connectivity index (χ0v) is 14.8. The lowest BCUT2D eigenvalue weighted by molar-refractivity contribution is -0.692. The molecule has 3 amide bonds. The third kappa shape index (κ3) is 6.82. The van der Waals surface area contributed by atoms with Crippen LogP contribution in [0.2, 0.25) is 0 Å². The minimum Gasteiger partial charge on any atom is -0.341 e. The summed E-state index contributed by atoms with van der Waals surface area (Å²) in [7, 11) is 1.49. The van der Waals surface area contributed by atoms with E-state index in [1.54, 1.807) is 0 Å². The topological polar surface area (TPSA) is 74.8 Å². The maximum Gasteiger partial charge on any atom is 0.321 e. The number of hydrogen-bond acceptors (Lipinski definition) is 2. The van der Waals surface area contributed by atoms with Gasteiger partial charge >= 0.3 is 6.03 Å². The Kier molecular flexibility index (Phi) is 7.75. The van der Waals surface area contributed by atoms with Crippen LogP contribution in [0.5, 0.6) is 0 Å². The van der Waals surface area contributed by atoms with E-state index in [4.69, 9.17) is 0 Å². The lowest BCUT2D eigenvalue weighted by atomic mass is 9.94. The van der Waals surface area contributed by atoms with Gasteiger partial charge in [0, 0.05) is 18.5 Å². The first-order valence-corrected chi connectivity index (χ1v) is 8.27. The second-order valence-corrected chi connectivity index (χ2v) is 6.68. The lowest BCUT2D eigenvalue weighted by Crippen LogP contribution is -2.88. The summed E-state index contributed by atoms with van der Waals surface area (Å²) in [6, 6.07) is 8.36. The van der Waals surface area contributed by atoms with Crippen molar-refractivity contribution in [2.75, 3.05) is 13.6 Å². The zero-order valence-electron chi connectivity index (χ0n) is 14.8. The van der Waals surface area contributed by atoms with Gasteiger partial charge in [-0.2, -0.15) is 0 Å². The fourth-order valence-electron chi connectivity index (χ4n) is 2.61. The highest BCUT2D eigenvalue weighted by Gasteiger charge is 2.21. The molecule has 0 radical (unpaired) electrons. The van der Waals surface area contributed by atoms with Gasteiger partial charge in [0.15, 0.2) is 6.54 Å². The molecule has 1 rings (SSSR count). The monoisotopic (exact) mass is 320 g/mol. The number of carbonyl (C=O) groups is 2. The molecule has 23 heavy (non-hydrogen) atoms. The summed E-state index contributed by atoms with van der Waals surface area (Å²) in [6.45, 7) is 8.93. The molecular weight excluding hydrogens is 290 g/mol. The third-order valence-electron chi connectivity index (χ3n) is 3.76. The van der Waals surface area contributed by atoms with Gasteiger partial charge in [-0.15, -0.1) is 0 Å². The highest BCUT2D eigenvalue weighted by atomic mass is 16.2. The summed E-state index contributed by atoms with van der Waals surface area (Å²) in [5.41, 5.74) is 2.55. The van der Waals surface area contributed by atoms with Crippen molar-refractivity contribution >= 4 is 11.9 Å². The van der Waals surface area contributed by atoms with E-state index >= 15 is 0 Å². The Morgan fingerprint density at radius 2 is 1.70 bits per heavy atom. The first-order valence-electron chi connectivity index (χ1n) is 8.27. The Morgan fingerprint density at radius 3 is 2.17 bits per heavy atom. The first kappa shape index (κ1) is 19.2. The Balaban J connectivity index is 2.67. The minimum absolute atomic E-state index is 0.193. The average Bonchev–Trinajstić information content (AvgIpc) is 2.48. The van der Waals surface area contributed by atoms with Crippen LogP contribution in [0.1, 0.15) is 44.9 Å². The van der Waals surface area contributed by atoms with E-state index in [2.05, 4.69) is 62.6 Å². The van der Waals surface area contributed by atoms with Crippen LogP contribution in [0, 0.1) is 11.8 Å². The molecule has 0 spiro atoms. The van der Waals surface area contributed by atoms with Crippen molar-refractivity contribution in [2.24, 2.45) is 11.8 Å². The standard InChI is InChI=1S/C18H29N3O2/c1-12(2)10-14-6-8-15(9-7-14)17(13(3)4)20-11-16(22)21-18(23)19-5/h6-9,12-13,17,20H,10-11H2,1-5H3,(H2,19,21,22,23)/p+1/t17-/m1/s1. The molecule has 0 fully saturated rings. The molecule has 0 saturated heterocycles. The highest BCUT2D eigenvalue weighted by molar-refractivity contribution is 5.94. The van der Waals surface area contributed by atoms with E-state index in [1.165, 1.54) is 18.2 Å². The zero-order chi connectivity index (χ0) is 17.4. The molecule has 5 heteroatoms. The molecule has 0 aliphatic carbocycles. The van der Waals surface area contributed by atoms with E-state index in [0.717, 1.165) is 6.42 Å². The molecule has 0 heterocycles. The number of carbonyl (C=O) groups excluding carboxylic acids is 2. The van der Waals surface area contributed by atoms with Crippen molar-refractivity contribution in [2.45, 2.75) is 40.2 Å². The van der Waals surface area contributed by atoms with Crippen molar-refractivity contribution in [3.63, 3.8) is 0 Å². The van der Waals surface area contributed by atoms with Crippen LogP contribution in [0.15, 0.2) is 24.3 Å². The van der Waals surface area contributed by atoms with Crippen LogP contribution < -0.4 is 16.0 Å². The molecule has 128 valence electrons. The molecule has 5 nitrogen and oxygen atoms in total. The Hall–Kier alpha value is -1.88. The molecule has 0 saturated carbocycles. The number of rotatable bonds is 7. The Labute approximate surface area is 139 Å². The summed E-state index contributed by atoms with van der Waals surface area (Å²) in [6.07, 6.45) is 1.07. The maximum absolute atomic E-state index is 11.7. The predicted octanol–water partition coefficient (Wildman–Crippen LogP) is 1.60. The van der Waals surface area contributed by atoms with Gasteiger partial charge in [-0.3, -0.25) is 10.1 Å². The van der Waals surface area contributed by atoms with Crippen LogP contribution in [0.4, 0.5) is 4.79 Å². The van der Waals surface area contributed by atoms with Gasteiger partial charge in [0.2, 0.25) is 0 Å². The summed E-state index contributed by atoms with van der Waals surface area (Å²) in [5, 5.41) is 6.65. The van der Waals surface area contributed by atoms with E-state index < -0.39 is 6.03 Å². The van der Waals surface area contributed by atoms with Crippen LogP contribution >= 0.6 is 0 Å². The van der Waals surface area contributed by atoms with Gasteiger partial charge in [-0.05, 0) is 17.9 Å². The number of urea groups is 1. The Morgan fingerprint density at radius 1 is 1.09 bits per heavy atom. The molecule has 1 atom stereocenters. The quantitative estimate of drug-likeness (QED) is 0.714. The molecular formula is C18H30N3O2+. The van der Waals surface area contributed by atoms with E-state index in [1.807, 2.05) is 5.32 Å². The smallest absolute Gasteiger partial charge is 0.321 e. The highest BCUT2D eigenvalue weighted by Crippen LogP contribution is 2.19. The van der Waals surface area contributed by atoms with E-state index in [9.17, 15) is 9.59 Å². The average molecular weight is 320 g/mol. The van der Waals surface area contributed by atoms with Crippen molar-refractivity contribution in [1.29, 1.82) is 0 Å². The second kappa shape index (κ2) is 9.30. The SMILES string of the molecule is CNC(=O)NC(=O)C[NH2+][C@@H](c1ccc(CC(C)C)cc1)C(C)C. The first-order chi connectivity index (χ1) is 10.8. The number of benzene rings is 1. The van der Waals surface area contributed by atoms with Gasteiger partial charge in [0.05, 0.1) is 0 Å². The summed E-state index contributed by atoms with van der Waals surface area (Å²) in [4.78, 5) is 22.9. The maximum atomic E-state index is 11.7. The molecule has 0 aliphatic heterocycles. The number of nitrogens with two attached hydrogens (primary N) is 1. The number of imide groups is 1. The molecule has 0 unspecified atom stereocenters. The van der Waals surface area contributed by atoms with E-state index in [-0.39, 0.29) is 18.5 Å². The molecule has 0 aliphatic rings. The normalized spacial score (nSPS) is 12.3. The fraction of sp³-hybridized carbons (Fsp3) is 0.556. The van der Waals surface area contributed by atoms with Gasteiger partial charge in [-0.25, -0.2) is 4.79 Å². The van der Waals surface area contributed by atoms with Crippen LogP contribution in [-0.2, 0) is 11.2 Å². The van der Waals surface area contributed by atoms with Gasteiger partial charge in [-0.1, -0.05) is 52.0 Å². The molecule has 4 N–H and O–H groups in total. The predicted molar refractivity (Wildman–Crippen MR) is 92.0 cm³/mol. The molecule has 1 aromatic rings. The molecule has 1 aromatic carbocycles. The van der Waals surface area contributed by atoms with Gasteiger partial charge in [0.25, 0.3) is 5.91 Å². The molecule has 0 bridgehead atoms. The van der Waals surface area contributed by atoms with Gasteiger partial charge in [0.1, 0.15) is 6.04 Å². The third-order valence-corrected chi connectivity index (χ3v) is 3.76. The van der Waals surface area contributed by atoms with Crippen molar-refractivity contribution < 1.29 is 14.9 Å². The van der Waals surface area contributed by atoms with Crippen molar-refractivity contribution in [3.05, 3.63) is 35.4 Å². The van der Waals surface area contributed by atoms with Crippen LogP contribution in [-0.4, -0.2) is 25.5 Å². The molecule has 0 aromatic heterocycles. The summed E-state index contributed by atoms with van der Waals surface area (Å²) < 4.78 is 0. The fourth-order valence-corrected chi connectivity index (χ4v) is 2.61. The number of nitrogens with one attached hydrogen (secondary N) is 2. The largest absolute Gasteiger partial charge is 0.341 e. The number of amides is 3. The summed E-state index contributed by atoms with van der Waals surface area (Å²) in [5.74, 6) is 0.742. The van der Waals surface area contributed by atoms with E-state index in [0.29, 0.717) is 11.8 Å². The Bertz CT molecular complexity index is 510. The van der Waals surface area contributed by atoms with Crippen LogP contribution in [0.25, 0.3) is 0 Å². The summed E-state index contributed by atoms with van der Waals surface area (Å²) >= 11 is 0. The van der Waals surface area contributed by atoms with Gasteiger partial charge < -0.3 is 10.6 Å². The van der Waals surface area contributed by atoms with Crippen molar-refractivity contribution in [3.8, 4) is 0 Å². The second-order valence-electron chi connectivity index (χ2n) is 6.68. The van der Waals surface area contributed by atoms with Crippen LogP contribution in [0.3, 0.4) is 0 Å². The van der Waals surface area contributed by atoms with Crippen molar-refractivity contribution in [1.82, 2.24) is 10.6 Å².